The van der Waals surface area contributed by atoms with E-state index in [0.717, 1.165) is 18.9 Å². The molecule has 2 atom stereocenters. The Morgan fingerprint density at radius 2 is 2.00 bits per heavy atom. The molecule has 1 aromatic rings. The average Bonchev–Trinajstić information content (AvgIpc) is 2.52. The Labute approximate surface area is 164 Å². The van der Waals surface area contributed by atoms with Gasteiger partial charge in [-0.1, -0.05) is 31.2 Å². The average molecular weight is 390 g/mol. The van der Waals surface area contributed by atoms with Gasteiger partial charge in [0.1, 0.15) is 0 Å². The number of rotatable bonds is 7. The molecule has 0 aliphatic carbocycles. The van der Waals surface area contributed by atoms with Crippen LogP contribution in [-0.4, -0.2) is 29.9 Å². The lowest BCUT2D eigenvalue weighted by Gasteiger charge is -2.31. The molecule has 1 aliphatic rings. The monoisotopic (exact) mass is 389 g/mol. The van der Waals surface area contributed by atoms with E-state index >= 15 is 0 Å². The van der Waals surface area contributed by atoms with Gasteiger partial charge in [-0.05, 0) is 49.8 Å². The lowest BCUT2D eigenvalue weighted by molar-refractivity contribution is -0.121. The minimum Gasteiger partial charge on any atom is -0.352 e. The number of nitrogens with two attached hydrogens (primary N) is 1. The summed E-state index contributed by atoms with van der Waals surface area (Å²) in [6.07, 6.45) is 3.87. The van der Waals surface area contributed by atoms with E-state index in [0.29, 0.717) is 13.0 Å². The fourth-order valence-electron chi connectivity index (χ4n) is 3.20. The summed E-state index contributed by atoms with van der Waals surface area (Å²) in [5, 5.41) is 3.03. The van der Waals surface area contributed by atoms with Crippen LogP contribution in [0.1, 0.15) is 50.7 Å². The third-order valence-corrected chi connectivity index (χ3v) is 4.56. The summed E-state index contributed by atoms with van der Waals surface area (Å²) in [5.41, 5.74) is 8.25. The highest BCUT2D eigenvalue weighted by molar-refractivity contribution is 5.85. The number of hydrogen-bond donors (Lipinski definition) is 2. The van der Waals surface area contributed by atoms with Crippen molar-refractivity contribution in [1.82, 2.24) is 10.2 Å². The maximum Gasteiger partial charge on any atom is 0.220 e. The van der Waals surface area contributed by atoms with E-state index in [1.165, 1.54) is 37.1 Å². The molecule has 25 heavy (non-hydrogen) atoms. The first kappa shape index (κ1) is 24.2. The van der Waals surface area contributed by atoms with Crippen molar-refractivity contribution in [3.8, 4) is 0 Å². The summed E-state index contributed by atoms with van der Waals surface area (Å²) >= 11 is 0. The Morgan fingerprint density at radius 3 is 2.64 bits per heavy atom. The van der Waals surface area contributed by atoms with E-state index in [1.807, 2.05) is 13.0 Å². The molecule has 0 spiro atoms. The summed E-state index contributed by atoms with van der Waals surface area (Å²) in [5.74, 6) is 0.873. The predicted octanol–water partition coefficient (Wildman–Crippen LogP) is 3.51. The maximum atomic E-state index is 11.9. The van der Waals surface area contributed by atoms with Crippen molar-refractivity contribution in [3.05, 3.63) is 35.4 Å². The van der Waals surface area contributed by atoms with Crippen molar-refractivity contribution in [2.45, 2.75) is 58.7 Å². The molecule has 1 amide bonds. The lowest BCUT2D eigenvalue weighted by atomic mass is 9.99. The van der Waals surface area contributed by atoms with Crippen molar-refractivity contribution in [3.63, 3.8) is 0 Å². The van der Waals surface area contributed by atoms with Gasteiger partial charge < -0.3 is 11.1 Å². The number of likely N-dealkylation sites (tertiary alicyclic amines) is 1. The predicted molar refractivity (Wildman–Crippen MR) is 109 cm³/mol. The van der Waals surface area contributed by atoms with Crippen molar-refractivity contribution in [2.75, 3.05) is 13.1 Å². The van der Waals surface area contributed by atoms with Crippen molar-refractivity contribution >= 4 is 30.7 Å². The molecule has 2 unspecified atom stereocenters. The molecule has 3 N–H and O–H groups in total. The topological polar surface area (TPSA) is 58.4 Å². The van der Waals surface area contributed by atoms with E-state index in [2.05, 4.69) is 35.3 Å². The van der Waals surface area contributed by atoms with Crippen LogP contribution in [0, 0.1) is 5.92 Å². The zero-order valence-corrected chi connectivity index (χ0v) is 17.0. The third-order valence-electron chi connectivity index (χ3n) is 4.56. The summed E-state index contributed by atoms with van der Waals surface area (Å²) in [6, 6.07) is 8.52. The van der Waals surface area contributed by atoms with E-state index < -0.39 is 0 Å². The molecule has 4 nitrogen and oxygen atoms in total. The second kappa shape index (κ2) is 12.5. The summed E-state index contributed by atoms with van der Waals surface area (Å²) in [7, 11) is 0. The Kier molecular flexibility index (Phi) is 12.1. The first-order valence-electron chi connectivity index (χ1n) is 8.86. The first-order valence-corrected chi connectivity index (χ1v) is 8.86. The zero-order valence-electron chi connectivity index (χ0n) is 15.4. The summed E-state index contributed by atoms with van der Waals surface area (Å²) in [6.45, 7) is 8.21. The van der Waals surface area contributed by atoms with E-state index in [1.54, 1.807) is 0 Å². The number of nitrogens with one attached hydrogen (secondary N) is 1. The van der Waals surface area contributed by atoms with Gasteiger partial charge in [-0.15, -0.1) is 24.8 Å². The van der Waals surface area contributed by atoms with Gasteiger partial charge in [-0.2, -0.15) is 0 Å². The van der Waals surface area contributed by atoms with Crippen LogP contribution in [0.2, 0.25) is 0 Å². The van der Waals surface area contributed by atoms with E-state index in [4.69, 9.17) is 5.73 Å². The van der Waals surface area contributed by atoms with Crippen molar-refractivity contribution in [1.29, 1.82) is 0 Å². The van der Waals surface area contributed by atoms with Crippen molar-refractivity contribution < 1.29 is 4.79 Å². The Hall–Kier alpha value is -0.810. The van der Waals surface area contributed by atoms with E-state index in [-0.39, 0.29) is 36.8 Å². The molecule has 144 valence electrons. The molecule has 1 heterocycles. The van der Waals surface area contributed by atoms with Gasteiger partial charge in [0.15, 0.2) is 0 Å². The quantitative estimate of drug-likeness (QED) is 0.749. The lowest BCUT2D eigenvalue weighted by Crippen LogP contribution is -2.34. The van der Waals surface area contributed by atoms with Gasteiger partial charge >= 0.3 is 0 Å². The Morgan fingerprint density at radius 1 is 1.32 bits per heavy atom. The standard InChI is InChI=1S/C19H31N3O.2ClH/c1-15-6-5-11-22(13-15)14-18-8-4-3-7-17(18)12-21-19(23)10-9-16(2)20;;/h3-4,7-8,15-16H,5-6,9-14,20H2,1-2H3,(H,21,23);2*1H. The highest BCUT2D eigenvalue weighted by Crippen LogP contribution is 2.19. The molecule has 1 aliphatic heterocycles. The molecule has 1 saturated heterocycles. The first-order chi connectivity index (χ1) is 11.0. The number of nitrogens with zero attached hydrogens (tertiary/aromatic N) is 1. The van der Waals surface area contributed by atoms with Crippen LogP contribution in [0.5, 0.6) is 0 Å². The van der Waals surface area contributed by atoms with Crippen molar-refractivity contribution in [2.24, 2.45) is 11.7 Å². The van der Waals surface area contributed by atoms with Gasteiger partial charge in [-0.25, -0.2) is 0 Å². The highest BCUT2D eigenvalue weighted by Gasteiger charge is 2.17. The number of carbonyl (C=O) groups is 1. The normalized spacial score (nSPS) is 18.6. The van der Waals surface area contributed by atoms with Crippen LogP contribution in [-0.2, 0) is 17.9 Å². The van der Waals surface area contributed by atoms with Gasteiger partial charge in [-0.3, -0.25) is 9.69 Å². The molecule has 1 fully saturated rings. The van der Waals surface area contributed by atoms with Gasteiger partial charge in [0, 0.05) is 32.1 Å². The fraction of sp³-hybridized carbons (Fsp3) is 0.632. The third kappa shape index (κ3) is 8.91. The second-order valence-corrected chi connectivity index (χ2v) is 7.04. The number of halogens is 2. The molecule has 0 bridgehead atoms. The van der Waals surface area contributed by atoms with Crippen LogP contribution in [0.3, 0.4) is 0 Å². The van der Waals surface area contributed by atoms with Crippen LogP contribution in [0.4, 0.5) is 0 Å². The number of carbonyl (C=O) groups excluding carboxylic acids is 1. The number of amides is 1. The van der Waals surface area contributed by atoms with Crippen LogP contribution < -0.4 is 11.1 Å². The molecule has 0 aromatic heterocycles. The molecule has 0 radical (unpaired) electrons. The number of hydrogen-bond acceptors (Lipinski definition) is 3. The van der Waals surface area contributed by atoms with E-state index in [9.17, 15) is 4.79 Å². The summed E-state index contributed by atoms with van der Waals surface area (Å²) < 4.78 is 0. The SMILES string of the molecule is CC(N)CCC(=O)NCc1ccccc1CN1CCCC(C)C1.Cl.Cl. The largest absolute Gasteiger partial charge is 0.352 e. The highest BCUT2D eigenvalue weighted by atomic mass is 35.5. The minimum absolute atomic E-state index is 0. The molecule has 6 heteroatoms. The zero-order chi connectivity index (χ0) is 16.7. The smallest absolute Gasteiger partial charge is 0.220 e. The van der Waals surface area contributed by atoms with Crippen LogP contribution >= 0.6 is 24.8 Å². The molecular weight excluding hydrogens is 357 g/mol. The number of piperidine rings is 1. The van der Waals surface area contributed by atoms with Gasteiger partial charge in [0.25, 0.3) is 0 Å². The number of benzene rings is 1. The molecule has 1 aromatic carbocycles. The Balaban J connectivity index is 0.00000288. The maximum absolute atomic E-state index is 11.9. The van der Waals surface area contributed by atoms with Crippen LogP contribution in [0.15, 0.2) is 24.3 Å². The van der Waals surface area contributed by atoms with Gasteiger partial charge in [0.05, 0.1) is 0 Å². The Bertz CT molecular complexity index is 511. The molecule has 0 saturated carbocycles. The molecule has 2 rings (SSSR count). The second-order valence-electron chi connectivity index (χ2n) is 7.04. The minimum atomic E-state index is 0. The molecular formula is C19H33Cl2N3O. The fourth-order valence-corrected chi connectivity index (χ4v) is 3.20. The van der Waals surface area contributed by atoms with Gasteiger partial charge in [0.2, 0.25) is 5.91 Å². The summed E-state index contributed by atoms with van der Waals surface area (Å²) in [4.78, 5) is 14.4. The van der Waals surface area contributed by atoms with Crippen LogP contribution in [0.25, 0.3) is 0 Å².